The largest absolute Gasteiger partial charge is 0.506 e. The normalized spacial score (nSPS) is 20.0. The van der Waals surface area contributed by atoms with Crippen LogP contribution in [0.25, 0.3) is 10.9 Å². The van der Waals surface area contributed by atoms with Crippen LogP contribution in [0.4, 0.5) is 4.79 Å². The van der Waals surface area contributed by atoms with Crippen LogP contribution in [0, 0.1) is 5.92 Å². The number of ether oxygens (including phenoxy) is 3. The number of quaternary nitrogens is 1. The zero-order valence-corrected chi connectivity index (χ0v) is 38.1. The molecule has 4 fully saturated rings. The number of carbonyl (C=O) groups excluding carboxylic acids is 3. The van der Waals surface area contributed by atoms with E-state index in [2.05, 4.69) is 15.6 Å². The minimum absolute atomic E-state index is 0.0539. The molecule has 3 saturated heterocycles. The number of rotatable bonds is 20. The number of nitrogens with zero attached hydrogens (tertiary/aromatic N) is 1. The molecule has 1 aliphatic carbocycles. The number of ketones is 1. The molecule has 3 aliphatic heterocycles. The van der Waals surface area contributed by atoms with E-state index in [9.17, 15) is 29.4 Å². The van der Waals surface area contributed by atoms with Crippen LogP contribution in [0.15, 0.2) is 138 Å². The van der Waals surface area contributed by atoms with Crippen molar-refractivity contribution in [2.75, 3.05) is 45.9 Å². The Hall–Kier alpha value is -6.80. The van der Waals surface area contributed by atoms with Crippen molar-refractivity contribution < 1.29 is 43.3 Å². The van der Waals surface area contributed by atoms with Gasteiger partial charge in [0.05, 0.1) is 42.8 Å². The molecule has 5 N–H and O–H groups in total. The average molecular weight is 920 g/mol. The number of unbranched alkanes of at least 4 members (excludes halogenated alkanes) is 1. The number of aromatic hydroxyl groups is 1. The minimum atomic E-state index is -0.845. The van der Waals surface area contributed by atoms with Crippen molar-refractivity contribution in [1.29, 1.82) is 0 Å². The Labute approximate surface area is 395 Å². The van der Waals surface area contributed by atoms with E-state index in [-0.39, 0.29) is 41.6 Å². The van der Waals surface area contributed by atoms with Gasteiger partial charge in [-0.1, -0.05) is 103 Å². The van der Waals surface area contributed by atoms with E-state index in [0.717, 1.165) is 73.0 Å². The van der Waals surface area contributed by atoms with Gasteiger partial charge in [0.25, 0.3) is 0 Å². The number of H-pyrrole nitrogens is 1. The van der Waals surface area contributed by atoms with Crippen molar-refractivity contribution in [1.82, 2.24) is 15.6 Å². The van der Waals surface area contributed by atoms with E-state index in [1.165, 1.54) is 12.1 Å². The number of alkyl carbamates (subject to hydrolysis) is 1. The number of fused-ring (bicyclic) bond motifs is 4. The van der Waals surface area contributed by atoms with Gasteiger partial charge in [-0.05, 0) is 84.3 Å². The maximum atomic E-state index is 13.7. The van der Waals surface area contributed by atoms with Crippen LogP contribution >= 0.6 is 0 Å². The molecule has 0 radical (unpaired) electrons. The molecule has 1 amide bonds. The second-order valence-corrected chi connectivity index (χ2v) is 18.7. The molecule has 5 aromatic carbocycles. The van der Waals surface area contributed by atoms with Crippen molar-refractivity contribution >= 4 is 28.7 Å². The first-order valence-corrected chi connectivity index (χ1v) is 23.8. The number of aromatic amines is 1. The van der Waals surface area contributed by atoms with E-state index in [0.29, 0.717) is 66.0 Å². The number of nitrogens with one attached hydrogen (secondary N) is 3. The molecule has 2 bridgehead atoms. The van der Waals surface area contributed by atoms with Gasteiger partial charge in [0, 0.05) is 42.3 Å². The van der Waals surface area contributed by atoms with Crippen molar-refractivity contribution in [3.8, 4) is 11.5 Å². The number of Topliss-reactive ketones (excluding diaryl/α,β-unsaturated/α-hetero) is 1. The average Bonchev–Trinajstić information content (AvgIpc) is 4.18. The third kappa shape index (κ3) is 10.7. The van der Waals surface area contributed by atoms with Crippen LogP contribution in [0.5, 0.6) is 11.5 Å². The summed E-state index contributed by atoms with van der Waals surface area (Å²) in [7, 11) is 0. The molecule has 6 aromatic rings. The standard InChI is InChI=1S/C55H58N4O9/c60-46-22-20-44(45-21-23-50(63)57-52(45)46)47(61)33-56-28-7-8-31-66-53(64)55(26-27-55)42-18-16-37(17-19-42)36-67-43-15-9-14-41(32-43)51(40-12-5-2-6-13-40)58-54(65)68-49-35-59(29-24-39(49)25-30-59)34-48(62)38-10-3-1-4-11-38/h1-6,9-23,32,39,47,49,51,56,61H,7-8,24-31,33-36H2,(H2-,57,58,60,63,65)/p+1. The highest BCUT2D eigenvalue weighted by Gasteiger charge is 2.53. The molecule has 13 heteroatoms. The van der Waals surface area contributed by atoms with Crippen LogP contribution < -0.4 is 20.9 Å². The molecule has 1 aromatic heterocycles. The van der Waals surface area contributed by atoms with Gasteiger partial charge in [-0.3, -0.25) is 14.4 Å². The molecule has 4 aliphatic rings. The van der Waals surface area contributed by atoms with E-state index in [1.807, 2.05) is 109 Å². The van der Waals surface area contributed by atoms with Gasteiger partial charge in [0.2, 0.25) is 11.3 Å². The highest BCUT2D eigenvalue weighted by molar-refractivity contribution is 5.97. The van der Waals surface area contributed by atoms with Gasteiger partial charge in [-0.15, -0.1) is 0 Å². The van der Waals surface area contributed by atoms with Gasteiger partial charge < -0.3 is 44.5 Å². The maximum absolute atomic E-state index is 13.7. The van der Waals surface area contributed by atoms with Gasteiger partial charge in [0.1, 0.15) is 31.2 Å². The zero-order valence-electron chi connectivity index (χ0n) is 38.1. The van der Waals surface area contributed by atoms with Crippen LogP contribution in [0.3, 0.4) is 0 Å². The second-order valence-electron chi connectivity index (χ2n) is 18.7. The predicted molar refractivity (Wildman–Crippen MR) is 257 cm³/mol. The summed E-state index contributed by atoms with van der Waals surface area (Å²) >= 11 is 0. The molecule has 352 valence electrons. The summed E-state index contributed by atoms with van der Waals surface area (Å²) < 4.78 is 18.9. The van der Waals surface area contributed by atoms with Gasteiger partial charge >= 0.3 is 12.1 Å². The number of piperidine rings is 3. The first kappa shape index (κ1) is 46.3. The number of aromatic nitrogens is 1. The molecule has 68 heavy (non-hydrogen) atoms. The lowest BCUT2D eigenvalue weighted by atomic mass is 9.83. The summed E-state index contributed by atoms with van der Waals surface area (Å²) in [4.78, 5) is 54.7. The van der Waals surface area contributed by atoms with Crippen LogP contribution in [0.1, 0.15) is 88.8 Å². The first-order valence-electron chi connectivity index (χ1n) is 23.8. The van der Waals surface area contributed by atoms with E-state index < -0.39 is 23.7 Å². The number of benzene rings is 5. The highest BCUT2D eigenvalue weighted by Crippen LogP contribution is 2.49. The number of hydrogen-bond acceptors (Lipinski definition) is 10. The lowest BCUT2D eigenvalue weighted by Gasteiger charge is -2.51. The number of esters is 1. The molecule has 13 nitrogen and oxygen atoms in total. The number of phenols is 1. The Balaban J connectivity index is 0.740. The quantitative estimate of drug-likeness (QED) is 0.0220. The predicted octanol–water partition coefficient (Wildman–Crippen LogP) is 7.80. The fourth-order valence-electron chi connectivity index (χ4n) is 10.1. The summed E-state index contributed by atoms with van der Waals surface area (Å²) in [6.07, 6.45) is 3.10. The van der Waals surface area contributed by atoms with E-state index in [1.54, 1.807) is 12.1 Å². The van der Waals surface area contributed by atoms with Crippen LogP contribution in [-0.4, -0.2) is 89.5 Å². The van der Waals surface area contributed by atoms with Crippen molar-refractivity contribution in [3.05, 3.63) is 177 Å². The minimum Gasteiger partial charge on any atom is -0.506 e. The first-order chi connectivity index (χ1) is 33.1. The summed E-state index contributed by atoms with van der Waals surface area (Å²) in [6.45, 7) is 4.36. The topological polar surface area (TPSA) is 176 Å². The molecule has 1 saturated carbocycles. The van der Waals surface area contributed by atoms with Crippen LogP contribution in [0.2, 0.25) is 0 Å². The Morgan fingerprint density at radius 3 is 2.31 bits per heavy atom. The molecule has 10 rings (SSSR count). The lowest BCUT2D eigenvalue weighted by Crippen LogP contribution is -2.66. The molecule has 0 spiro atoms. The molecular formula is C55H59N4O9+. The number of pyridine rings is 1. The third-order valence-electron chi connectivity index (χ3n) is 14.1. The number of aliphatic hydroxyl groups is 1. The Kier molecular flexibility index (Phi) is 14.0. The van der Waals surface area contributed by atoms with Crippen molar-refractivity contribution in [3.63, 3.8) is 0 Å². The summed E-state index contributed by atoms with van der Waals surface area (Å²) in [5.74, 6) is 0.773. The fourth-order valence-corrected chi connectivity index (χ4v) is 10.1. The smallest absolute Gasteiger partial charge is 0.408 e. The van der Waals surface area contributed by atoms with Crippen molar-refractivity contribution in [2.45, 2.75) is 68.8 Å². The SMILES string of the molecule is O=C(NC(c1ccccc1)c1cccc(OCc2ccc(C3(C(=O)OCCCCNCC(O)c4ccc(O)c5[nH]c(=O)ccc45)CC3)cc2)c1)OC1C[N+]2(CC(=O)c3ccccc3)CCC1CC2. The Bertz CT molecular complexity index is 2770. The Morgan fingerprint density at radius 2 is 1.56 bits per heavy atom. The molecule has 3 unspecified atom stereocenters. The second kappa shape index (κ2) is 20.6. The van der Waals surface area contributed by atoms with E-state index in [4.69, 9.17) is 14.2 Å². The number of amides is 1. The number of carbonyl (C=O) groups is 3. The van der Waals surface area contributed by atoms with Crippen LogP contribution in [-0.2, 0) is 26.3 Å². The number of hydrogen-bond donors (Lipinski definition) is 5. The number of phenolic OH excluding ortho intramolecular Hbond substituents is 1. The third-order valence-corrected chi connectivity index (χ3v) is 14.1. The molecule has 4 heterocycles. The maximum Gasteiger partial charge on any atom is 0.408 e. The molecule has 3 atom stereocenters. The summed E-state index contributed by atoms with van der Waals surface area (Å²) in [5.41, 5.74) is 4.27. The zero-order chi connectivity index (χ0) is 47.1. The van der Waals surface area contributed by atoms with Gasteiger partial charge in [-0.25, -0.2) is 4.79 Å². The van der Waals surface area contributed by atoms with Crippen molar-refractivity contribution in [2.24, 2.45) is 5.92 Å². The van der Waals surface area contributed by atoms with Gasteiger partial charge in [-0.2, -0.15) is 0 Å². The number of aliphatic hydroxyl groups excluding tert-OH is 1. The summed E-state index contributed by atoms with van der Waals surface area (Å²) in [5, 5.41) is 27.9. The van der Waals surface area contributed by atoms with Gasteiger partial charge in [0.15, 0.2) is 6.10 Å². The fraction of sp³-hybridized carbons (Fsp3) is 0.345. The monoisotopic (exact) mass is 919 g/mol. The van der Waals surface area contributed by atoms with E-state index >= 15 is 0 Å². The lowest BCUT2D eigenvalue weighted by molar-refractivity contribution is -0.938. The Morgan fingerprint density at radius 1 is 0.824 bits per heavy atom. The summed E-state index contributed by atoms with van der Waals surface area (Å²) in [6, 6.07) is 40.4. The highest BCUT2D eigenvalue weighted by atomic mass is 16.6. The molecular weight excluding hydrogens is 861 g/mol.